The zero-order chi connectivity index (χ0) is 22.8. The Morgan fingerprint density at radius 1 is 1.13 bits per heavy atom. The molecule has 0 heterocycles. The molecule has 0 saturated heterocycles. The monoisotopic (exact) mass is 544 g/mol. The van der Waals surface area contributed by atoms with E-state index in [0.29, 0.717) is 28.8 Å². The van der Waals surface area contributed by atoms with Gasteiger partial charge >= 0.3 is 0 Å². The van der Waals surface area contributed by atoms with Gasteiger partial charge in [0, 0.05) is 33.4 Å². The highest BCUT2D eigenvalue weighted by Crippen LogP contribution is 2.24. The van der Waals surface area contributed by atoms with Gasteiger partial charge in [-0.1, -0.05) is 71.2 Å². The number of carbonyl (C=O) groups excluding carboxylic acids is 2. The summed E-state index contributed by atoms with van der Waals surface area (Å²) >= 11 is 17.3. The zero-order valence-electron chi connectivity index (χ0n) is 17.7. The molecule has 0 saturated carbocycles. The van der Waals surface area contributed by atoms with Crippen LogP contribution in [0.4, 0.5) is 0 Å². The van der Waals surface area contributed by atoms with Gasteiger partial charge in [0.15, 0.2) is 0 Å². The number of amides is 2. The number of carbonyl (C=O) groups is 2. The first-order valence-electron chi connectivity index (χ1n) is 10.2. The second-order valence-electron chi connectivity index (χ2n) is 7.09. The fraction of sp³-hybridized carbons (Fsp3) is 0.391. The quantitative estimate of drug-likeness (QED) is 0.359. The van der Waals surface area contributed by atoms with Gasteiger partial charge in [0.05, 0.1) is 5.75 Å². The normalized spacial score (nSPS) is 11.8. The molecule has 8 heteroatoms. The predicted octanol–water partition coefficient (Wildman–Crippen LogP) is 6.32. The Balaban J connectivity index is 2.14. The third-order valence-electron chi connectivity index (χ3n) is 4.70. The molecule has 0 bridgehead atoms. The van der Waals surface area contributed by atoms with Crippen LogP contribution in [0.1, 0.15) is 37.8 Å². The van der Waals surface area contributed by atoms with Crippen LogP contribution in [-0.4, -0.2) is 35.1 Å². The van der Waals surface area contributed by atoms with Crippen LogP contribution >= 0.6 is 50.9 Å². The number of rotatable bonds is 11. The van der Waals surface area contributed by atoms with Crippen molar-refractivity contribution in [2.45, 2.75) is 45.0 Å². The van der Waals surface area contributed by atoms with Gasteiger partial charge in [0.25, 0.3) is 0 Å². The van der Waals surface area contributed by atoms with E-state index in [1.54, 1.807) is 23.1 Å². The zero-order valence-corrected chi connectivity index (χ0v) is 21.6. The summed E-state index contributed by atoms with van der Waals surface area (Å²) in [5.74, 6) is 0.763. The summed E-state index contributed by atoms with van der Waals surface area (Å²) in [6.45, 7) is 4.74. The smallest absolute Gasteiger partial charge is 0.242 e. The number of hydrogen-bond donors (Lipinski definition) is 1. The largest absolute Gasteiger partial charge is 0.354 e. The van der Waals surface area contributed by atoms with Gasteiger partial charge in [-0.2, -0.15) is 0 Å². The summed E-state index contributed by atoms with van der Waals surface area (Å²) in [5, 5.41) is 3.93. The van der Waals surface area contributed by atoms with E-state index in [4.69, 9.17) is 23.2 Å². The lowest BCUT2D eigenvalue weighted by molar-refractivity contribution is -0.139. The average molecular weight is 546 g/mol. The number of halogens is 3. The molecule has 0 aliphatic carbocycles. The Kier molecular flexibility index (Phi) is 11.2. The highest BCUT2D eigenvalue weighted by Gasteiger charge is 2.28. The lowest BCUT2D eigenvalue weighted by atomic mass is 10.1. The van der Waals surface area contributed by atoms with E-state index in [-0.39, 0.29) is 24.1 Å². The molecule has 4 nitrogen and oxygen atoms in total. The maximum absolute atomic E-state index is 13.2. The summed E-state index contributed by atoms with van der Waals surface area (Å²) in [6, 6.07) is 12.7. The van der Waals surface area contributed by atoms with Gasteiger partial charge in [-0.05, 0) is 48.2 Å². The summed E-state index contributed by atoms with van der Waals surface area (Å²) in [7, 11) is 0. The van der Waals surface area contributed by atoms with E-state index in [0.717, 1.165) is 22.0 Å². The van der Waals surface area contributed by atoms with Crippen LogP contribution in [0.5, 0.6) is 0 Å². The molecule has 2 aromatic carbocycles. The lowest BCUT2D eigenvalue weighted by Crippen LogP contribution is -2.49. The van der Waals surface area contributed by atoms with Gasteiger partial charge in [-0.15, -0.1) is 11.8 Å². The van der Waals surface area contributed by atoms with Gasteiger partial charge in [-0.25, -0.2) is 0 Å². The Bertz CT molecular complexity index is 880. The van der Waals surface area contributed by atoms with Crippen LogP contribution in [0, 0.1) is 0 Å². The minimum Gasteiger partial charge on any atom is -0.354 e. The van der Waals surface area contributed by atoms with Crippen molar-refractivity contribution in [2.24, 2.45) is 0 Å². The van der Waals surface area contributed by atoms with Gasteiger partial charge in [0.1, 0.15) is 6.04 Å². The van der Waals surface area contributed by atoms with Crippen molar-refractivity contribution in [3.05, 3.63) is 68.1 Å². The number of thioether (sulfide) groups is 1. The minimum atomic E-state index is -0.556. The highest BCUT2D eigenvalue weighted by atomic mass is 79.9. The molecule has 0 fully saturated rings. The average Bonchev–Trinajstić information content (AvgIpc) is 2.74. The van der Waals surface area contributed by atoms with E-state index in [1.165, 1.54) is 11.8 Å². The van der Waals surface area contributed by atoms with Gasteiger partial charge < -0.3 is 10.2 Å². The van der Waals surface area contributed by atoms with E-state index < -0.39 is 6.04 Å². The van der Waals surface area contributed by atoms with E-state index >= 15 is 0 Å². The molecule has 31 heavy (non-hydrogen) atoms. The minimum absolute atomic E-state index is 0.0911. The maximum atomic E-state index is 13.2. The van der Waals surface area contributed by atoms with E-state index in [9.17, 15) is 9.59 Å². The second-order valence-corrected chi connectivity index (χ2v) is 9.84. The summed E-state index contributed by atoms with van der Waals surface area (Å²) in [6.07, 6.45) is 1.35. The van der Waals surface area contributed by atoms with Gasteiger partial charge in [-0.3, -0.25) is 9.59 Å². The molecule has 1 unspecified atom stereocenters. The Hall–Kier alpha value is -1.21. The lowest BCUT2D eigenvalue weighted by Gasteiger charge is -2.31. The molecular formula is C23H27BrCl2N2O2S. The molecule has 2 aromatic rings. The van der Waals surface area contributed by atoms with Crippen LogP contribution < -0.4 is 5.32 Å². The first kappa shape index (κ1) is 26.0. The molecule has 1 atom stereocenters. The third-order valence-corrected chi connectivity index (χ3v) is 6.80. The Morgan fingerprint density at radius 2 is 1.84 bits per heavy atom. The van der Waals surface area contributed by atoms with Crippen LogP contribution in [-0.2, 0) is 21.9 Å². The summed E-state index contributed by atoms with van der Waals surface area (Å²) in [5.41, 5.74) is 1.90. The third kappa shape index (κ3) is 8.33. The number of nitrogens with one attached hydrogen (secondary N) is 1. The van der Waals surface area contributed by atoms with Crippen molar-refractivity contribution < 1.29 is 9.59 Å². The molecule has 1 N–H and O–H groups in total. The van der Waals surface area contributed by atoms with Crippen molar-refractivity contribution in [1.82, 2.24) is 10.2 Å². The molecular weight excluding hydrogens is 519 g/mol. The molecule has 0 aliphatic rings. The van der Waals surface area contributed by atoms with Crippen molar-refractivity contribution in [1.29, 1.82) is 0 Å². The summed E-state index contributed by atoms with van der Waals surface area (Å²) < 4.78 is 1.02. The van der Waals surface area contributed by atoms with Crippen LogP contribution in [0.2, 0.25) is 10.0 Å². The highest BCUT2D eigenvalue weighted by molar-refractivity contribution is 9.10. The molecule has 0 aromatic heterocycles. The first-order valence-corrected chi connectivity index (χ1v) is 12.9. The molecule has 0 radical (unpaired) electrons. The molecule has 0 spiro atoms. The van der Waals surface area contributed by atoms with Crippen LogP contribution in [0.3, 0.4) is 0 Å². The van der Waals surface area contributed by atoms with E-state index in [1.807, 2.05) is 38.1 Å². The van der Waals surface area contributed by atoms with Gasteiger partial charge in [0.2, 0.25) is 11.8 Å². The topological polar surface area (TPSA) is 49.4 Å². The van der Waals surface area contributed by atoms with Crippen LogP contribution in [0.15, 0.2) is 46.9 Å². The van der Waals surface area contributed by atoms with Crippen molar-refractivity contribution in [3.8, 4) is 0 Å². The number of hydrogen-bond acceptors (Lipinski definition) is 3. The number of benzene rings is 2. The second kappa shape index (κ2) is 13.4. The molecule has 2 amide bonds. The standard InChI is InChI=1S/C23H27BrCl2N2O2S/c1-3-11-27-23(30)21(4-2)28(13-17-7-10-19(25)12-20(17)26)22(29)15-31-14-16-5-8-18(24)9-6-16/h5-10,12,21H,3-4,11,13-15H2,1-2H3,(H,27,30). The Morgan fingerprint density at radius 3 is 2.45 bits per heavy atom. The first-order chi connectivity index (χ1) is 14.8. The fourth-order valence-corrected chi connectivity index (χ4v) is 4.64. The molecule has 0 aliphatic heterocycles. The Labute approximate surface area is 207 Å². The predicted molar refractivity (Wildman–Crippen MR) is 135 cm³/mol. The van der Waals surface area contributed by atoms with E-state index in [2.05, 4.69) is 21.2 Å². The van der Waals surface area contributed by atoms with Crippen molar-refractivity contribution in [2.75, 3.05) is 12.3 Å². The van der Waals surface area contributed by atoms with Crippen LogP contribution in [0.25, 0.3) is 0 Å². The molecule has 168 valence electrons. The van der Waals surface area contributed by atoms with Crippen molar-refractivity contribution in [3.63, 3.8) is 0 Å². The summed E-state index contributed by atoms with van der Waals surface area (Å²) in [4.78, 5) is 27.6. The fourth-order valence-electron chi connectivity index (χ4n) is 3.04. The SMILES string of the molecule is CCCNC(=O)C(CC)N(Cc1ccc(Cl)cc1Cl)C(=O)CSCc1ccc(Br)cc1. The van der Waals surface area contributed by atoms with Crippen molar-refractivity contribution >= 4 is 62.7 Å². The molecule has 2 rings (SSSR count). The number of nitrogens with zero attached hydrogens (tertiary/aromatic N) is 1. The maximum Gasteiger partial charge on any atom is 0.242 e.